The van der Waals surface area contributed by atoms with Crippen molar-refractivity contribution >= 4 is 27.3 Å². The first kappa shape index (κ1) is 15.3. The van der Waals surface area contributed by atoms with E-state index in [1.54, 1.807) is 12.1 Å². The van der Waals surface area contributed by atoms with Crippen LogP contribution in [0.5, 0.6) is 0 Å². The molecule has 0 aromatic heterocycles. The third kappa shape index (κ3) is 3.94. The van der Waals surface area contributed by atoms with Crippen LogP contribution in [0.25, 0.3) is 0 Å². The van der Waals surface area contributed by atoms with Crippen LogP contribution in [0.1, 0.15) is 11.1 Å². The van der Waals surface area contributed by atoms with Crippen LogP contribution < -0.4 is 4.72 Å². The van der Waals surface area contributed by atoms with Gasteiger partial charge in [0.1, 0.15) is 5.82 Å². The van der Waals surface area contributed by atoms with Gasteiger partial charge in [-0.15, -0.1) is 0 Å². The lowest BCUT2D eigenvalue weighted by Crippen LogP contribution is -2.16. The van der Waals surface area contributed by atoms with Gasteiger partial charge in [0, 0.05) is 5.02 Å². The lowest BCUT2D eigenvalue weighted by atomic mass is 10.1. The molecule has 2 aromatic rings. The van der Waals surface area contributed by atoms with E-state index in [1.165, 1.54) is 24.3 Å². The molecule has 0 amide bonds. The predicted molar refractivity (Wildman–Crippen MR) is 78.8 cm³/mol. The Labute approximate surface area is 126 Å². The Morgan fingerprint density at radius 2 is 1.95 bits per heavy atom. The molecule has 0 fully saturated rings. The van der Waals surface area contributed by atoms with E-state index in [-0.39, 0.29) is 16.3 Å². The topological polar surface area (TPSA) is 70.0 Å². The highest BCUT2D eigenvalue weighted by Crippen LogP contribution is 2.22. The zero-order valence-electron chi connectivity index (χ0n) is 10.7. The molecule has 0 unspecified atom stereocenters. The van der Waals surface area contributed by atoms with E-state index in [2.05, 4.69) is 4.72 Å². The van der Waals surface area contributed by atoms with E-state index in [1.807, 2.05) is 6.07 Å². The van der Waals surface area contributed by atoms with E-state index in [0.717, 1.165) is 6.07 Å². The van der Waals surface area contributed by atoms with Crippen molar-refractivity contribution < 1.29 is 12.8 Å². The fraction of sp³-hybridized carbons (Fsp3) is 0.0714. The molecule has 0 heterocycles. The summed E-state index contributed by atoms with van der Waals surface area (Å²) in [5.74, 6) is -1.15. The van der Waals surface area contributed by atoms with Crippen LogP contribution in [0, 0.1) is 17.1 Å². The highest BCUT2D eigenvalue weighted by molar-refractivity contribution is 7.91. The van der Waals surface area contributed by atoms with Crippen molar-refractivity contribution in [2.75, 3.05) is 4.72 Å². The summed E-state index contributed by atoms with van der Waals surface area (Å²) in [6.45, 7) is 0. The molecule has 108 valence electrons. The van der Waals surface area contributed by atoms with Crippen molar-refractivity contribution in [2.24, 2.45) is 0 Å². The van der Waals surface area contributed by atoms with E-state index >= 15 is 0 Å². The molecule has 0 spiro atoms. The number of nitrogens with zero attached hydrogens (tertiary/aromatic N) is 1. The van der Waals surface area contributed by atoms with Crippen molar-refractivity contribution in [3.05, 3.63) is 64.4 Å². The zero-order chi connectivity index (χ0) is 15.5. The second kappa shape index (κ2) is 6.12. The first-order valence-corrected chi connectivity index (χ1v) is 7.88. The molecule has 2 rings (SSSR count). The van der Waals surface area contributed by atoms with Gasteiger partial charge < -0.3 is 0 Å². The Morgan fingerprint density at radius 1 is 1.24 bits per heavy atom. The van der Waals surface area contributed by atoms with Crippen molar-refractivity contribution in [3.63, 3.8) is 0 Å². The average Bonchev–Trinajstić information content (AvgIpc) is 2.43. The molecule has 0 aliphatic heterocycles. The van der Waals surface area contributed by atoms with Gasteiger partial charge in [-0.1, -0.05) is 29.8 Å². The van der Waals surface area contributed by atoms with Gasteiger partial charge in [-0.3, -0.25) is 4.72 Å². The Hall–Kier alpha value is -2.10. The highest BCUT2D eigenvalue weighted by atomic mass is 35.5. The fourth-order valence-electron chi connectivity index (χ4n) is 1.74. The molecule has 1 N–H and O–H groups in total. The average molecular weight is 325 g/mol. The molecule has 0 saturated heterocycles. The van der Waals surface area contributed by atoms with Gasteiger partial charge in [-0.25, -0.2) is 12.8 Å². The minimum atomic E-state index is -3.86. The van der Waals surface area contributed by atoms with Crippen molar-refractivity contribution in [3.8, 4) is 6.07 Å². The van der Waals surface area contributed by atoms with Gasteiger partial charge in [-0.2, -0.15) is 5.26 Å². The molecule has 0 atom stereocenters. The minimum absolute atomic E-state index is 0.214. The molecule has 21 heavy (non-hydrogen) atoms. The number of nitriles is 1. The summed E-state index contributed by atoms with van der Waals surface area (Å²) in [6, 6.07) is 11.8. The minimum Gasteiger partial charge on any atom is -0.280 e. The van der Waals surface area contributed by atoms with Crippen LogP contribution in [0.3, 0.4) is 0 Å². The summed E-state index contributed by atoms with van der Waals surface area (Å²) >= 11 is 5.71. The number of rotatable bonds is 4. The molecular formula is C14H10ClFN2O2S. The third-order valence-electron chi connectivity index (χ3n) is 2.68. The number of halogens is 2. The summed E-state index contributed by atoms with van der Waals surface area (Å²) in [7, 11) is -3.86. The zero-order valence-corrected chi connectivity index (χ0v) is 12.2. The van der Waals surface area contributed by atoms with Crippen LogP contribution in [-0.2, 0) is 15.8 Å². The van der Waals surface area contributed by atoms with Crippen molar-refractivity contribution in [1.29, 1.82) is 5.26 Å². The normalized spacial score (nSPS) is 10.9. The Bertz CT molecular complexity index is 816. The molecule has 0 bridgehead atoms. The van der Waals surface area contributed by atoms with E-state index in [4.69, 9.17) is 16.9 Å². The SMILES string of the molecule is N#Cc1ccccc1CS(=O)(=O)Nc1cc(Cl)ccc1F. The molecule has 0 aliphatic rings. The van der Waals surface area contributed by atoms with E-state index < -0.39 is 21.6 Å². The van der Waals surface area contributed by atoms with Crippen LogP contribution in [0.2, 0.25) is 5.02 Å². The number of sulfonamides is 1. The van der Waals surface area contributed by atoms with Crippen LogP contribution in [-0.4, -0.2) is 8.42 Å². The standard InChI is InChI=1S/C14H10ClFN2O2S/c15-12-5-6-13(16)14(7-12)18-21(19,20)9-11-4-2-1-3-10(11)8-17/h1-7,18H,9H2. The van der Waals surface area contributed by atoms with Crippen LogP contribution in [0.4, 0.5) is 10.1 Å². The number of hydrogen-bond acceptors (Lipinski definition) is 3. The monoisotopic (exact) mass is 324 g/mol. The molecule has 7 heteroatoms. The maximum Gasteiger partial charge on any atom is 0.237 e. The Balaban J connectivity index is 2.27. The maximum atomic E-state index is 13.5. The first-order valence-electron chi connectivity index (χ1n) is 5.85. The Morgan fingerprint density at radius 3 is 2.67 bits per heavy atom. The lowest BCUT2D eigenvalue weighted by Gasteiger charge is -2.10. The van der Waals surface area contributed by atoms with Gasteiger partial charge in [0.15, 0.2) is 0 Å². The van der Waals surface area contributed by atoms with E-state index in [0.29, 0.717) is 5.56 Å². The van der Waals surface area contributed by atoms with Gasteiger partial charge in [0.2, 0.25) is 10.0 Å². The first-order chi connectivity index (χ1) is 9.91. The fourth-order valence-corrected chi connectivity index (χ4v) is 3.14. The molecule has 4 nitrogen and oxygen atoms in total. The Kier molecular flexibility index (Phi) is 4.46. The molecule has 0 radical (unpaired) electrons. The number of anilines is 1. The predicted octanol–water partition coefficient (Wildman–Crippen LogP) is 3.29. The summed E-state index contributed by atoms with van der Waals surface area (Å²) in [5, 5.41) is 9.16. The molecule has 2 aromatic carbocycles. The van der Waals surface area contributed by atoms with Gasteiger partial charge in [0.25, 0.3) is 0 Å². The van der Waals surface area contributed by atoms with Crippen LogP contribution in [0.15, 0.2) is 42.5 Å². The highest BCUT2D eigenvalue weighted by Gasteiger charge is 2.16. The molecule has 0 saturated carbocycles. The lowest BCUT2D eigenvalue weighted by molar-refractivity contribution is 0.598. The van der Waals surface area contributed by atoms with Crippen molar-refractivity contribution in [1.82, 2.24) is 0 Å². The van der Waals surface area contributed by atoms with Gasteiger partial charge in [-0.05, 0) is 29.8 Å². The largest absolute Gasteiger partial charge is 0.280 e. The van der Waals surface area contributed by atoms with Crippen LogP contribution >= 0.6 is 11.6 Å². The quantitative estimate of drug-likeness (QED) is 0.938. The third-order valence-corrected chi connectivity index (χ3v) is 4.13. The molecular weight excluding hydrogens is 315 g/mol. The summed E-state index contributed by atoms with van der Waals surface area (Å²) in [6.07, 6.45) is 0. The summed E-state index contributed by atoms with van der Waals surface area (Å²) < 4.78 is 39.8. The van der Waals surface area contributed by atoms with E-state index in [9.17, 15) is 12.8 Å². The van der Waals surface area contributed by atoms with Gasteiger partial charge >= 0.3 is 0 Å². The smallest absolute Gasteiger partial charge is 0.237 e. The van der Waals surface area contributed by atoms with Gasteiger partial charge in [0.05, 0.1) is 23.1 Å². The number of benzene rings is 2. The number of hydrogen-bond donors (Lipinski definition) is 1. The van der Waals surface area contributed by atoms with Crippen molar-refractivity contribution in [2.45, 2.75) is 5.75 Å². The molecule has 0 aliphatic carbocycles. The summed E-state index contributed by atoms with van der Waals surface area (Å²) in [5.41, 5.74) is 0.376. The second-order valence-electron chi connectivity index (χ2n) is 4.25. The maximum absolute atomic E-state index is 13.5. The second-order valence-corrected chi connectivity index (χ2v) is 6.41. The number of nitrogens with one attached hydrogen (secondary N) is 1. The summed E-state index contributed by atoms with van der Waals surface area (Å²) in [4.78, 5) is 0.